The molecule has 0 saturated heterocycles. The van der Waals surface area contributed by atoms with Crippen molar-refractivity contribution in [3.63, 3.8) is 0 Å². The molecule has 0 fully saturated rings. The van der Waals surface area contributed by atoms with Crippen LogP contribution in [-0.2, 0) is 12.8 Å². The highest BCUT2D eigenvalue weighted by atomic mass is 15.2. The molecule has 0 spiro atoms. The smallest absolute Gasteiger partial charge is 0.113 e. The summed E-state index contributed by atoms with van der Waals surface area (Å²) in [6.45, 7) is 0. The van der Waals surface area contributed by atoms with Crippen LogP contribution >= 0.6 is 0 Å². The molecule has 0 radical (unpaired) electrons. The van der Waals surface area contributed by atoms with Crippen molar-refractivity contribution in [2.24, 2.45) is 4.99 Å². The zero-order valence-electron chi connectivity index (χ0n) is 16.5. The van der Waals surface area contributed by atoms with E-state index >= 15 is 0 Å². The van der Waals surface area contributed by atoms with E-state index in [0.717, 1.165) is 41.8 Å². The lowest BCUT2D eigenvalue weighted by Crippen LogP contribution is -2.43. The maximum Gasteiger partial charge on any atom is 0.113 e. The van der Waals surface area contributed by atoms with Gasteiger partial charge in [0.15, 0.2) is 0 Å². The predicted molar refractivity (Wildman–Crippen MR) is 115 cm³/mol. The van der Waals surface area contributed by atoms with Crippen molar-refractivity contribution in [2.75, 3.05) is 7.05 Å². The Kier molecular flexibility index (Phi) is 3.78. The van der Waals surface area contributed by atoms with Gasteiger partial charge in [-0.15, -0.1) is 0 Å². The van der Waals surface area contributed by atoms with Crippen LogP contribution in [0.3, 0.4) is 0 Å². The topological polar surface area (TPSA) is 57.2 Å². The summed E-state index contributed by atoms with van der Waals surface area (Å²) in [5.41, 5.74) is 8.33. The zero-order valence-corrected chi connectivity index (χ0v) is 16.5. The SMILES string of the molecule is CN(C1CCCc2ccc(Cc3nc4ccccc4[nH]3)nc21)C1c2ccnc1c2. The van der Waals surface area contributed by atoms with Crippen LogP contribution < -0.4 is 0 Å². The maximum atomic E-state index is 5.14. The molecule has 29 heavy (non-hydrogen) atoms. The van der Waals surface area contributed by atoms with Crippen LogP contribution in [0.5, 0.6) is 0 Å². The number of likely N-dealkylation sites (N-methyl/N-ethyl adjacent to an activating group) is 1. The predicted octanol–water partition coefficient (Wildman–Crippen LogP) is 4.13. The highest BCUT2D eigenvalue weighted by Crippen LogP contribution is 2.41. The van der Waals surface area contributed by atoms with Crippen molar-refractivity contribution >= 4 is 17.2 Å². The minimum atomic E-state index is 0.316. The number of aliphatic imine (C=N–C) groups is 1. The van der Waals surface area contributed by atoms with Crippen molar-refractivity contribution in [3.05, 3.63) is 82.6 Å². The van der Waals surface area contributed by atoms with Crippen LogP contribution in [0.15, 0.2) is 64.8 Å². The molecular formula is C24H23N5. The first-order valence-corrected chi connectivity index (χ1v) is 10.4. The minimum Gasteiger partial charge on any atom is -0.342 e. The van der Waals surface area contributed by atoms with Gasteiger partial charge in [-0.2, -0.15) is 0 Å². The van der Waals surface area contributed by atoms with Gasteiger partial charge in [0.2, 0.25) is 0 Å². The van der Waals surface area contributed by atoms with Crippen LogP contribution in [0, 0.1) is 0 Å². The number of aromatic nitrogens is 3. The Morgan fingerprint density at radius 3 is 2.90 bits per heavy atom. The molecule has 6 rings (SSSR count). The molecule has 2 aromatic heterocycles. The third kappa shape index (κ3) is 2.76. The molecule has 1 N–H and O–H groups in total. The van der Waals surface area contributed by atoms with E-state index in [1.54, 1.807) is 0 Å². The highest BCUT2D eigenvalue weighted by Gasteiger charge is 2.37. The lowest BCUT2D eigenvalue weighted by atomic mass is 9.84. The van der Waals surface area contributed by atoms with Gasteiger partial charge in [-0.05, 0) is 67.8 Å². The van der Waals surface area contributed by atoms with Gasteiger partial charge in [-0.1, -0.05) is 18.2 Å². The quantitative estimate of drug-likeness (QED) is 0.739. The second-order valence-corrected chi connectivity index (χ2v) is 8.21. The number of allylic oxidation sites excluding steroid dienone is 1. The molecule has 2 unspecified atom stereocenters. The van der Waals surface area contributed by atoms with E-state index in [1.807, 2.05) is 24.4 Å². The van der Waals surface area contributed by atoms with Crippen molar-refractivity contribution in [2.45, 2.75) is 37.8 Å². The van der Waals surface area contributed by atoms with Gasteiger partial charge in [0, 0.05) is 18.3 Å². The standard InChI is InChI=1S/C24H23N5/c1-29(24-16-11-12-25-20(24)13-16)21-8-4-5-15-9-10-17(26-23(15)21)14-22-27-18-6-2-3-7-19(18)28-22/h2-3,6-7,9-13,21,24H,4-5,8,14H2,1H3,(H,27,28). The number of fused-ring (bicyclic) bond motifs is 4. The average Bonchev–Trinajstić information content (AvgIpc) is 3.16. The maximum absolute atomic E-state index is 5.14. The Labute approximate surface area is 169 Å². The molecule has 1 aromatic carbocycles. The Morgan fingerprint density at radius 2 is 2.07 bits per heavy atom. The first-order chi connectivity index (χ1) is 14.3. The summed E-state index contributed by atoms with van der Waals surface area (Å²) >= 11 is 0. The molecule has 3 aromatic rings. The Morgan fingerprint density at radius 1 is 1.14 bits per heavy atom. The molecule has 0 amide bonds. The molecule has 144 valence electrons. The van der Waals surface area contributed by atoms with E-state index in [1.165, 1.54) is 28.9 Å². The van der Waals surface area contributed by atoms with Crippen LogP contribution in [0.25, 0.3) is 11.0 Å². The zero-order chi connectivity index (χ0) is 19.4. The first-order valence-electron chi connectivity index (χ1n) is 10.4. The number of aromatic amines is 1. The fourth-order valence-corrected chi connectivity index (χ4v) is 4.91. The van der Waals surface area contributed by atoms with Crippen LogP contribution in [0.4, 0.5) is 0 Å². The van der Waals surface area contributed by atoms with Gasteiger partial charge in [-0.3, -0.25) is 14.9 Å². The van der Waals surface area contributed by atoms with E-state index in [-0.39, 0.29) is 0 Å². The normalized spacial score (nSPS) is 22.3. The summed E-state index contributed by atoms with van der Waals surface area (Å²) in [7, 11) is 2.22. The molecule has 3 heterocycles. The fourth-order valence-electron chi connectivity index (χ4n) is 4.91. The van der Waals surface area contributed by atoms with Gasteiger partial charge in [-0.25, -0.2) is 4.98 Å². The summed E-state index contributed by atoms with van der Waals surface area (Å²) in [6, 6.07) is 13.3. The summed E-state index contributed by atoms with van der Waals surface area (Å²) < 4.78 is 0. The monoisotopic (exact) mass is 381 g/mol. The molecule has 5 heteroatoms. The number of nitrogens with one attached hydrogen (secondary N) is 1. The van der Waals surface area contributed by atoms with Crippen molar-refractivity contribution in [3.8, 4) is 0 Å². The number of para-hydroxylation sites is 2. The molecule has 2 atom stereocenters. The summed E-state index contributed by atoms with van der Waals surface area (Å²) in [6.07, 6.45) is 10.4. The van der Waals surface area contributed by atoms with E-state index in [9.17, 15) is 0 Å². The number of benzene rings is 1. The molecular weight excluding hydrogens is 358 g/mol. The lowest BCUT2D eigenvalue weighted by molar-refractivity contribution is 0.185. The lowest BCUT2D eigenvalue weighted by Gasteiger charge is -2.43. The summed E-state index contributed by atoms with van der Waals surface area (Å²) in [5.74, 6) is 0.970. The second-order valence-electron chi connectivity index (χ2n) is 8.21. The number of aryl methyl sites for hydroxylation is 1. The molecule has 1 aliphatic heterocycles. The van der Waals surface area contributed by atoms with E-state index in [2.05, 4.69) is 52.3 Å². The molecule has 0 saturated carbocycles. The first kappa shape index (κ1) is 16.9. The average molecular weight is 381 g/mol. The fraction of sp³-hybridized carbons (Fsp3) is 0.292. The third-order valence-corrected chi connectivity index (χ3v) is 6.40. The van der Waals surface area contributed by atoms with Gasteiger partial charge in [0.25, 0.3) is 0 Å². The van der Waals surface area contributed by atoms with Gasteiger partial charge < -0.3 is 4.98 Å². The molecule has 5 nitrogen and oxygen atoms in total. The third-order valence-electron chi connectivity index (χ3n) is 6.40. The number of rotatable bonds is 4. The number of dihydropyridines is 1. The minimum absolute atomic E-state index is 0.316. The number of hydrogen-bond donors (Lipinski definition) is 1. The van der Waals surface area contributed by atoms with Gasteiger partial charge in [0.05, 0.1) is 34.5 Å². The number of H-pyrrole nitrogens is 1. The van der Waals surface area contributed by atoms with Crippen LogP contribution in [0.1, 0.15) is 41.7 Å². The molecule has 2 bridgehead atoms. The number of pyridine rings is 1. The number of nitrogens with zero attached hydrogens (tertiary/aromatic N) is 4. The summed E-state index contributed by atoms with van der Waals surface area (Å²) in [4.78, 5) is 20.3. The number of imidazole rings is 1. The van der Waals surface area contributed by atoms with Gasteiger partial charge in [0.1, 0.15) is 5.82 Å². The van der Waals surface area contributed by atoms with Crippen LogP contribution in [0.2, 0.25) is 0 Å². The van der Waals surface area contributed by atoms with Crippen molar-refractivity contribution in [1.29, 1.82) is 0 Å². The molecule has 3 aliphatic rings. The van der Waals surface area contributed by atoms with E-state index in [0.29, 0.717) is 12.1 Å². The largest absolute Gasteiger partial charge is 0.342 e. The number of hydrogen-bond acceptors (Lipinski definition) is 4. The van der Waals surface area contributed by atoms with Gasteiger partial charge >= 0.3 is 0 Å². The van der Waals surface area contributed by atoms with Crippen LogP contribution in [-0.4, -0.2) is 39.2 Å². The molecule has 2 aliphatic carbocycles. The Bertz CT molecular complexity index is 1150. The van der Waals surface area contributed by atoms with E-state index < -0.39 is 0 Å². The van der Waals surface area contributed by atoms with Crippen molar-refractivity contribution < 1.29 is 0 Å². The Balaban J connectivity index is 1.30. The Hall–Kier alpha value is -3.05. The summed E-state index contributed by atoms with van der Waals surface area (Å²) in [5, 5.41) is 0. The van der Waals surface area contributed by atoms with E-state index in [4.69, 9.17) is 9.97 Å². The highest BCUT2D eigenvalue weighted by molar-refractivity contribution is 5.80. The second kappa shape index (κ2) is 6.49. The van der Waals surface area contributed by atoms with Crippen molar-refractivity contribution in [1.82, 2.24) is 19.9 Å².